The fraction of sp³-hybridized carbons (Fsp3) is 0.385. The average molecular weight is 258 g/mol. The van der Waals surface area contributed by atoms with Crippen LogP contribution in [0.4, 0.5) is 11.8 Å². The van der Waals surface area contributed by atoms with Crippen LogP contribution in [0.25, 0.3) is 0 Å². The molecule has 6 nitrogen and oxygen atoms in total. The Morgan fingerprint density at radius 2 is 2.00 bits per heavy atom. The standard InChI is InChI=1S/C13H18N6/c1-2-3-6-15-13-18-12(10-17-19-13)16-9-11-4-7-14-8-5-11/h4-5,7-8,10H,2-3,6,9H2,1H3,(H2,15,16,18,19). The van der Waals surface area contributed by atoms with E-state index in [9.17, 15) is 0 Å². The van der Waals surface area contributed by atoms with Gasteiger partial charge in [-0.3, -0.25) is 4.98 Å². The van der Waals surface area contributed by atoms with Gasteiger partial charge in [-0.05, 0) is 24.1 Å². The molecule has 2 heterocycles. The van der Waals surface area contributed by atoms with E-state index in [0.717, 1.165) is 24.9 Å². The molecule has 6 heteroatoms. The molecule has 0 amide bonds. The Morgan fingerprint density at radius 1 is 1.16 bits per heavy atom. The van der Waals surface area contributed by atoms with Crippen molar-refractivity contribution in [3.8, 4) is 0 Å². The van der Waals surface area contributed by atoms with E-state index in [4.69, 9.17) is 0 Å². The highest BCUT2D eigenvalue weighted by atomic mass is 15.3. The van der Waals surface area contributed by atoms with Gasteiger partial charge in [0.1, 0.15) is 0 Å². The number of aromatic nitrogens is 4. The van der Waals surface area contributed by atoms with Gasteiger partial charge in [0.2, 0.25) is 5.95 Å². The second-order valence-corrected chi connectivity index (χ2v) is 4.15. The number of unbranched alkanes of at least 4 members (excludes halogenated alkanes) is 1. The predicted octanol–water partition coefficient (Wildman–Crippen LogP) is 2.09. The molecule has 0 radical (unpaired) electrons. The summed E-state index contributed by atoms with van der Waals surface area (Å²) >= 11 is 0. The van der Waals surface area contributed by atoms with Gasteiger partial charge < -0.3 is 10.6 Å². The van der Waals surface area contributed by atoms with E-state index in [-0.39, 0.29) is 0 Å². The van der Waals surface area contributed by atoms with Crippen LogP contribution >= 0.6 is 0 Å². The maximum atomic E-state index is 4.35. The zero-order valence-corrected chi connectivity index (χ0v) is 11.0. The lowest BCUT2D eigenvalue weighted by atomic mass is 10.3. The van der Waals surface area contributed by atoms with Crippen molar-refractivity contribution < 1.29 is 0 Å². The van der Waals surface area contributed by atoms with Crippen LogP contribution in [0.3, 0.4) is 0 Å². The van der Waals surface area contributed by atoms with Gasteiger partial charge in [-0.1, -0.05) is 13.3 Å². The first-order valence-corrected chi connectivity index (χ1v) is 6.45. The van der Waals surface area contributed by atoms with Crippen LogP contribution in [-0.2, 0) is 6.54 Å². The molecule has 0 spiro atoms. The normalized spacial score (nSPS) is 10.2. The maximum absolute atomic E-state index is 4.35. The van der Waals surface area contributed by atoms with Crippen LogP contribution in [0, 0.1) is 0 Å². The lowest BCUT2D eigenvalue weighted by molar-refractivity contribution is 0.819. The lowest BCUT2D eigenvalue weighted by Gasteiger charge is -2.07. The van der Waals surface area contributed by atoms with Crippen LogP contribution < -0.4 is 10.6 Å². The molecule has 0 fully saturated rings. The summed E-state index contributed by atoms with van der Waals surface area (Å²) in [5, 5.41) is 14.2. The Morgan fingerprint density at radius 3 is 2.79 bits per heavy atom. The number of pyridine rings is 1. The van der Waals surface area contributed by atoms with Crippen molar-refractivity contribution in [3.63, 3.8) is 0 Å². The highest BCUT2D eigenvalue weighted by molar-refractivity contribution is 5.37. The number of rotatable bonds is 7. The van der Waals surface area contributed by atoms with Crippen LogP contribution in [0.5, 0.6) is 0 Å². The lowest BCUT2D eigenvalue weighted by Crippen LogP contribution is -2.09. The molecular weight excluding hydrogens is 240 g/mol. The molecule has 0 atom stereocenters. The van der Waals surface area contributed by atoms with E-state index in [1.807, 2.05) is 12.1 Å². The van der Waals surface area contributed by atoms with Gasteiger partial charge in [0.15, 0.2) is 5.82 Å². The van der Waals surface area contributed by atoms with Gasteiger partial charge >= 0.3 is 0 Å². The quantitative estimate of drug-likeness (QED) is 0.741. The third kappa shape index (κ3) is 4.50. The Labute approximate surface area is 112 Å². The molecule has 2 N–H and O–H groups in total. The Balaban J connectivity index is 1.88. The summed E-state index contributed by atoms with van der Waals surface area (Å²) in [6, 6.07) is 3.92. The first kappa shape index (κ1) is 13.2. The minimum absolute atomic E-state index is 0.563. The fourth-order valence-electron chi connectivity index (χ4n) is 1.53. The van der Waals surface area contributed by atoms with Crippen molar-refractivity contribution in [3.05, 3.63) is 36.3 Å². The SMILES string of the molecule is CCCCNc1nncc(NCc2ccncc2)n1. The van der Waals surface area contributed by atoms with E-state index in [0.29, 0.717) is 18.3 Å². The Hall–Kier alpha value is -2.24. The molecule has 0 saturated carbocycles. The minimum Gasteiger partial charge on any atom is -0.365 e. The average Bonchev–Trinajstić information content (AvgIpc) is 2.47. The number of hydrogen-bond acceptors (Lipinski definition) is 6. The molecule has 2 aromatic heterocycles. The van der Waals surface area contributed by atoms with Crippen molar-refractivity contribution in [1.82, 2.24) is 20.2 Å². The van der Waals surface area contributed by atoms with E-state index >= 15 is 0 Å². The molecule has 2 aromatic rings. The first-order valence-electron chi connectivity index (χ1n) is 6.45. The zero-order chi connectivity index (χ0) is 13.3. The summed E-state index contributed by atoms with van der Waals surface area (Å²) in [6.45, 7) is 3.70. The van der Waals surface area contributed by atoms with E-state index in [1.165, 1.54) is 0 Å². The van der Waals surface area contributed by atoms with Gasteiger partial charge in [0, 0.05) is 25.5 Å². The van der Waals surface area contributed by atoms with E-state index < -0.39 is 0 Å². The third-order valence-corrected chi connectivity index (χ3v) is 2.60. The Bertz CT molecular complexity index is 488. The van der Waals surface area contributed by atoms with Crippen molar-refractivity contribution in [2.45, 2.75) is 26.3 Å². The van der Waals surface area contributed by atoms with E-state index in [1.54, 1.807) is 18.6 Å². The maximum Gasteiger partial charge on any atom is 0.244 e. The number of nitrogens with zero attached hydrogens (tertiary/aromatic N) is 4. The third-order valence-electron chi connectivity index (χ3n) is 2.60. The fourth-order valence-corrected chi connectivity index (χ4v) is 1.53. The second-order valence-electron chi connectivity index (χ2n) is 4.15. The first-order chi connectivity index (χ1) is 9.38. The minimum atomic E-state index is 0.563. The molecule has 2 rings (SSSR count). The summed E-state index contributed by atoms with van der Waals surface area (Å²) in [4.78, 5) is 8.33. The summed E-state index contributed by atoms with van der Waals surface area (Å²) in [5.41, 5.74) is 1.15. The van der Waals surface area contributed by atoms with Crippen LogP contribution in [-0.4, -0.2) is 26.7 Å². The van der Waals surface area contributed by atoms with Crippen LogP contribution in [0.2, 0.25) is 0 Å². The molecule has 0 aliphatic carbocycles. The second kappa shape index (κ2) is 7.25. The largest absolute Gasteiger partial charge is 0.365 e. The highest BCUT2D eigenvalue weighted by Crippen LogP contribution is 2.06. The topological polar surface area (TPSA) is 75.6 Å². The molecule has 100 valence electrons. The molecule has 0 saturated heterocycles. The molecular formula is C13H18N6. The van der Waals surface area contributed by atoms with Crippen LogP contribution in [0.15, 0.2) is 30.7 Å². The number of nitrogens with one attached hydrogen (secondary N) is 2. The predicted molar refractivity (Wildman–Crippen MR) is 74.8 cm³/mol. The van der Waals surface area contributed by atoms with Crippen molar-refractivity contribution in [1.29, 1.82) is 0 Å². The zero-order valence-electron chi connectivity index (χ0n) is 11.0. The molecule has 0 unspecified atom stereocenters. The smallest absolute Gasteiger partial charge is 0.244 e. The van der Waals surface area contributed by atoms with Gasteiger partial charge in [0.25, 0.3) is 0 Å². The number of anilines is 2. The summed E-state index contributed by atoms with van der Waals surface area (Å²) in [7, 11) is 0. The van der Waals surface area contributed by atoms with E-state index in [2.05, 4.69) is 37.7 Å². The number of hydrogen-bond donors (Lipinski definition) is 2. The van der Waals surface area contributed by atoms with Crippen LogP contribution in [0.1, 0.15) is 25.3 Å². The van der Waals surface area contributed by atoms with Gasteiger partial charge in [-0.15, -0.1) is 5.10 Å². The summed E-state index contributed by atoms with van der Waals surface area (Å²) in [5.74, 6) is 1.28. The van der Waals surface area contributed by atoms with Crippen molar-refractivity contribution in [2.75, 3.05) is 17.2 Å². The molecule has 0 bridgehead atoms. The van der Waals surface area contributed by atoms with Gasteiger partial charge in [0.05, 0.1) is 6.20 Å². The van der Waals surface area contributed by atoms with Crippen molar-refractivity contribution in [2.24, 2.45) is 0 Å². The molecule has 0 aliphatic rings. The monoisotopic (exact) mass is 258 g/mol. The molecule has 0 aliphatic heterocycles. The molecule has 0 aromatic carbocycles. The van der Waals surface area contributed by atoms with Gasteiger partial charge in [-0.2, -0.15) is 10.1 Å². The Kier molecular flexibility index (Phi) is 5.04. The summed E-state index contributed by atoms with van der Waals surface area (Å²) in [6.07, 6.45) is 7.39. The van der Waals surface area contributed by atoms with Gasteiger partial charge in [-0.25, -0.2) is 0 Å². The molecule has 19 heavy (non-hydrogen) atoms. The highest BCUT2D eigenvalue weighted by Gasteiger charge is 1.99. The van der Waals surface area contributed by atoms with Crippen molar-refractivity contribution >= 4 is 11.8 Å². The summed E-state index contributed by atoms with van der Waals surface area (Å²) < 4.78 is 0.